The van der Waals surface area contributed by atoms with Gasteiger partial charge in [-0.2, -0.15) is 0 Å². The molecule has 5 nitrogen and oxygen atoms in total. The molecule has 0 aliphatic carbocycles. The van der Waals surface area contributed by atoms with Gasteiger partial charge in [-0.25, -0.2) is 0 Å². The summed E-state index contributed by atoms with van der Waals surface area (Å²) in [6.07, 6.45) is 1.13. The first-order valence-electron chi connectivity index (χ1n) is 4.82. The van der Waals surface area contributed by atoms with Gasteiger partial charge < -0.3 is 14.8 Å². The van der Waals surface area contributed by atoms with Gasteiger partial charge in [0.05, 0.1) is 7.11 Å². The van der Waals surface area contributed by atoms with Gasteiger partial charge in [0.2, 0.25) is 11.8 Å². The van der Waals surface area contributed by atoms with Crippen molar-refractivity contribution in [1.29, 1.82) is 0 Å². The summed E-state index contributed by atoms with van der Waals surface area (Å²) in [6, 6.07) is 0. The quantitative estimate of drug-likeness (QED) is 0.389. The van der Waals surface area contributed by atoms with Crippen LogP contribution >= 0.6 is 12.0 Å². The molecule has 0 spiro atoms. The Hall–Kier alpha value is -1.01. The minimum absolute atomic E-state index is 0.237. The van der Waals surface area contributed by atoms with Gasteiger partial charge in [0, 0.05) is 12.3 Å². The Kier molecular flexibility index (Phi) is 6.83. The Morgan fingerprint density at radius 3 is 2.62 bits per heavy atom. The van der Waals surface area contributed by atoms with E-state index in [4.69, 9.17) is 4.18 Å². The van der Waals surface area contributed by atoms with Crippen molar-refractivity contribution in [2.45, 2.75) is 19.4 Å². The number of rotatable bonds is 7. The van der Waals surface area contributed by atoms with Crippen LogP contribution in [0.4, 0.5) is 0 Å². The number of amides is 2. The van der Waals surface area contributed by atoms with Gasteiger partial charge in [-0.1, -0.05) is 6.58 Å². The smallest absolute Gasteiger partial charge is 0.245 e. The van der Waals surface area contributed by atoms with Crippen LogP contribution in [0.2, 0.25) is 0 Å². The van der Waals surface area contributed by atoms with Gasteiger partial charge >= 0.3 is 0 Å². The fourth-order valence-corrected chi connectivity index (χ4v) is 1.28. The molecule has 0 saturated heterocycles. The SMILES string of the molecule is C=CC(=O)NC(C)(C)C(=O)NCCSOC. The number of carbonyl (C=O) groups excluding carboxylic acids is 2. The average molecular weight is 246 g/mol. The van der Waals surface area contributed by atoms with Crippen molar-refractivity contribution in [3.63, 3.8) is 0 Å². The summed E-state index contributed by atoms with van der Waals surface area (Å²) in [5, 5.41) is 5.24. The predicted octanol–water partition coefficient (Wildman–Crippen LogP) is 0.478. The minimum atomic E-state index is -0.941. The van der Waals surface area contributed by atoms with Crippen LogP contribution in [0.25, 0.3) is 0 Å². The van der Waals surface area contributed by atoms with Crippen molar-refractivity contribution in [2.24, 2.45) is 0 Å². The third-order valence-corrected chi connectivity index (χ3v) is 2.38. The molecule has 0 radical (unpaired) electrons. The molecule has 2 amide bonds. The van der Waals surface area contributed by atoms with Gasteiger partial charge in [0.15, 0.2) is 0 Å². The molecule has 0 saturated carbocycles. The molecule has 0 atom stereocenters. The molecule has 0 bridgehead atoms. The van der Waals surface area contributed by atoms with Gasteiger partial charge in [-0.3, -0.25) is 9.59 Å². The number of carbonyl (C=O) groups is 2. The molecule has 0 aromatic heterocycles. The maximum Gasteiger partial charge on any atom is 0.245 e. The summed E-state index contributed by atoms with van der Waals surface area (Å²) in [7, 11) is 1.57. The highest BCUT2D eigenvalue weighted by Gasteiger charge is 2.28. The van der Waals surface area contributed by atoms with Crippen LogP contribution in [0.3, 0.4) is 0 Å². The first-order valence-corrected chi connectivity index (χ1v) is 5.73. The van der Waals surface area contributed by atoms with Gasteiger partial charge in [0.1, 0.15) is 5.54 Å². The van der Waals surface area contributed by atoms with Crippen molar-refractivity contribution in [3.05, 3.63) is 12.7 Å². The second-order valence-corrected chi connectivity index (χ2v) is 4.54. The predicted molar refractivity (Wildman–Crippen MR) is 64.9 cm³/mol. The zero-order valence-electron chi connectivity index (χ0n) is 9.83. The Bertz CT molecular complexity index is 267. The van der Waals surface area contributed by atoms with E-state index in [2.05, 4.69) is 17.2 Å². The van der Waals surface area contributed by atoms with Crippen LogP contribution in [-0.4, -0.2) is 36.8 Å². The monoisotopic (exact) mass is 246 g/mol. The van der Waals surface area contributed by atoms with E-state index < -0.39 is 5.54 Å². The molecule has 0 heterocycles. The highest BCUT2D eigenvalue weighted by Crippen LogP contribution is 2.02. The third kappa shape index (κ3) is 5.77. The van der Waals surface area contributed by atoms with E-state index >= 15 is 0 Å². The average Bonchev–Trinajstić information content (AvgIpc) is 2.23. The van der Waals surface area contributed by atoms with Gasteiger partial charge in [-0.15, -0.1) is 0 Å². The fourth-order valence-electron chi connectivity index (χ4n) is 0.926. The number of hydrogen-bond acceptors (Lipinski definition) is 4. The van der Waals surface area contributed by atoms with Crippen LogP contribution in [0.15, 0.2) is 12.7 Å². The molecule has 0 aliphatic rings. The summed E-state index contributed by atoms with van der Waals surface area (Å²) >= 11 is 1.26. The largest absolute Gasteiger partial charge is 0.353 e. The van der Waals surface area contributed by atoms with Crippen molar-refractivity contribution < 1.29 is 13.8 Å². The van der Waals surface area contributed by atoms with Crippen LogP contribution < -0.4 is 10.6 Å². The summed E-state index contributed by atoms with van der Waals surface area (Å²) in [4.78, 5) is 22.7. The Balaban J connectivity index is 4.03. The van der Waals surface area contributed by atoms with Gasteiger partial charge in [0.25, 0.3) is 0 Å². The van der Waals surface area contributed by atoms with Crippen LogP contribution in [0.1, 0.15) is 13.8 Å². The first-order chi connectivity index (χ1) is 7.44. The summed E-state index contributed by atoms with van der Waals surface area (Å²) in [5.41, 5.74) is -0.941. The van der Waals surface area contributed by atoms with E-state index in [0.717, 1.165) is 6.08 Å². The summed E-state index contributed by atoms with van der Waals surface area (Å²) in [6.45, 7) is 7.08. The van der Waals surface area contributed by atoms with Crippen molar-refractivity contribution >= 4 is 23.9 Å². The Morgan fingerprint density at radius 2 is 2.12 bits per heavy atom. The molecule has 92 valence electrons. The molecule has 0 unspecified atom stereocenters. The van der Waals surface area contributed by atoms with Crippen LogP contribution in [-0.2, 0) is 13.8 Å². The van der Waals surface area contributed by atoms with Crippen molar-refractivity contribution in [1.82, 2.24) is 10.6 Å². The molecular weight excluding hydrogens is 228 g/mol. The van der Waals surface area contributed by atoms with E-state index in [1.807, 2.05) is 0 Å². The van der Waals surface area contributed by atoms with Crippen LogP contribution in [0, 0.1) is 0 Å². The maximum atomic E-state index is 11.7. The van der Waals surface area contributed by atoms with E-state index in [1.165, 1.54) is 12.0 Å². The molecule has 6 heteroatoms. The highest BCUT2D eigenvalue weighted by atomic mass is 32.2. The first kappa shape index (κ1) is 15.0. The molecule has 0 rings (SSSR count). The molecule has 0 fully saturated rings. The lowest BCUT2D eigenvalue weighted by Crippen LogP contribution is -2.54. The molecule has 0 aromatic rings. The normalized spacial score (nSPS) is 10.7. The Labute approximate surface area is 100 Å². The zero-order chi connectivity index (χ0) is 12.6. The molecular formula is C10H18N2O3S. The molecule has 0 aromatic carbocycles. The topological polar surface area (TPSA) is 67.4 Å². The van der Waals surface area contributed by atoms with E-state index in [1.54, 1.807) is 21.0 Å². The van der Waals surface area contributed by atoms with E-state index in [9.17, 15) is 9.59 Å². The standard InChI is InChI=1S/C10H18N2O3S/c1-5-8(13)12-10(2,3)9(14)11-6-7-16-15-4/h5H,1,6-7H2,2-4H3,(H,11,14)(H,12,13). The molecule has 0 aliphatic heterocycles. The summed E-state index contributed by atoms with van der Waals surface area (Å²) in [5.74, 6) is 0.0547. The highest BCUT2D eigenvalue weighted by molar-refractivity contribution is 7.94. The van der Waals surface area contributed by atoms with Crippen LogP contribution in [0.5, 0.6) is 0 Å². The minimum Gasteiger partial charge on any atom is -0.353 e. The zero-order valence-corrected chi connectivity index (χ0v) is 10.6. The van der Waals surface area contributed by atoms with E-state index in [-0.39, 0.29) is 11.8 Å². The fraction of sp³-hybridized carbons (Fsp3) is 0.600. The molecule has 16 heavy (non-hydrogen) atoms. The number of hydrogen-bond donors (Lipinski definition) is 2. The lowest BCUT2D eigenvalue weighted by Gasteiger charge is -2.24. The second-order valence-electron chi connectivity index (χ2n) is 3.56. The Morgan fingerprint density at radius 1 is 1.50 bits per heavy atom. The van der Waals surface area contributed by atoms with Crippen molar-refractivity contribution in [3.8, 4) is 0 Å². The second kappa shape index (κ2) is 7.29. The number of nitrogens with one attached hydrogen (secondary N) is 2. The maximum absolute atomic E-state index is 11.7. The lowest BCUT2D eigenvalue weighted by atomic mass is 10.0. The van der Waals surface area contributed by atoms with Gasteiger partial charge in [-0.05, 0) is 32.0 Å². The lowest BCUT2D eigenvalue weighted by molar-refractivity contribution is -0.130. The van der Waals surface area contributed by atoms with E-state index in [0.29, 0.717) is 12.3 Å². The molecule has 2 N–H and O–H groups in total. The van der Waals surface area contributed by atoms with Crippen molar-refractivity contribution in [2.75, 3.05) is 19.4 Å². The third-order valence-electron chi connectivity index (χ3n) is 1.78. The summed E-state index contributed by atoms with van der Waals surface area (Å²) < 4.78 is 4.77.